The highest BCUT2D eigenvalue weighted by Crippen LogP contribution is 2.42. The molecule has 0 radical (unpaired) electrons. The number of aromatic nitrogens is 1. The van der Waals surface area contributed by atoms with Crippen LogP contribution in [0.3, 0.4) is 0 Å². The summed E-state index contributed by atoms with van der Waals surface area (Å²) in [7, 11) is 0. The molecule has 1 aromatic heterocycles. The molecule has 0 saturated heterocycles. The molecular weight excluding hydrogens is 432 g/mol. The fourth-order valence-electron chi connectivity index (χ4n) is 4.48. The first-order chi connectivity index (χ1) is 16.5. The lowest BCUT2D eigenvalue weighted by atomic mass is 9.99. The van der Waals surface area contributed by atoms with Crippen LogP contribution in [0.5, 0.6) is 5.75 Å². The second-order valence-corrected chi connectivity index (χ2v) is 7.97. The number of carboxylic acid groups (broad SMARTS) is 1. The zero-order valence-corrected chi connectivity index (χ0v) is 18.0. The first-order valence-corrected chi connectivity index (χ1v) is 10.6. The van der Waals surface area contributed by atoms with Crippen molar-refractivity contribution in [3.8, 4) is 5.75 Å². The number of primary amides is 1. The van der Waals surface area contributed by atoms with Crippen molar-refractivity contribution in [2.24, 2.45) is 5.73 Å². The minimum atomic E-state index is -1.12. The second kappa shape index (κ2) is 8.37. The minimum absolute atomic E-state index is 0.150. The van der Waals surface area contributed by atoms with Crippen molar-refractivity contribution in [3.63, 3.8) is 0 Å². The largest absolute Gasteiger partial charge is 0.481 e. The predicted octanol–water partition coefficient (Wildman–Crippen LogP) is 4.13. The Morgan fingerprint density at radius 2 is 1.62 bits per heavy atom. The van der Waals surface area contributed by atoms with Crippen molar-refractivity contribution in [2.75, 3.05) is 6.61 Å². The molecule has 168 valence electrons. The molecule has 0 bridgehead atoms. The van der Waals surface area contributed by atoms with Crippen LogP contribution in [-0.4, -0.2) is 33.9 Å². The molecule has 7 heteroatoms. The molecule has 0 aliphatic heterocycles. The molecule has 1 heterocycles. The van der Waals surface area contributed by atoms with Gasteiger partial charge in [-0.25, -0.2) is 4.79 Å². The van der Waals surface area contributed by atoms with Crippen LogP contribution in [0, 0.1) is 0 Å². The summed E-state index contributed by atoms with van der Waals surface area (Å²) < 4.78 is 7.78. The van der Waals surface area contributed by atoms with E-state index in [1.807, 2.05) is 60.7 Å². The number of nitrogens with zero attached hydrogens (tertiary/aromatic N) is 1. The van der Waals surface area contributed by atoms with E-state index in [9.17, 15) is 19.5 Å². The number of nitrogens with two attached hydrogens (primary N) is 1. The van der Waals surface area contributed by atoms with E-state index in [0.29, 0.717) is 28.6 Å². The highest BCUT2D eigenvalue weighted by Gasteiger charge is 2.24. The maximum Gasteiger partial charge on any atom is 0.341 e. The number of fused-ring (bicyclic) bond motifs is 5. The standard InChI is InChI=1S/C27H20N2O5/c28-27(33)26(32)19-11-6-12-20-23(19)24-21(34-15-22(30)31)13-17-9-4-5-10-18(17)25(24)29(20)14-16-7-2-1-3-8-16/h1-13H,14-15H2,(H2,28,33)(H,30,31). The number of carboxylic acids is 1. The topological polar surface area (TPSA) is 112 Å². The lowest BCUT2D eigenvalue weighted by Crippen LogP contribution is -2.23. The quantitative estimate of drug-likeness (QED) is 0.285. The van der Waals surface area contributed by atoms with Crippen molar-refractivity contribution in [3.05, 3.63) is 90.0 Å². The van der Waals surface area contributed by atoms with Gasteiger partial charge in [-0.1, -0.05) is 66.7 Å². The number of hydrogen-bond acceptors (Lipinski definition) is 4. The van der Waals surface area contributed by atoms with Gasteiger partial charge >= 0.3 is 5.97 Å². The first kappa shape index (κ1) is 21.2. The summed E-state index contributed by atoms with van der Waals surface area (Å²) >= 11 is 0. The van der Waals surface area contributed by atoms with Gasteiger partial charge in [-0.2, -0.15) is 0 Å². The Bertz CT molecular complexity index is 1600. The van der Waals surface area contributed by atoms with E-state index >= 15 is 0 Å². The van der Waals surface area contributed by atoms with Crippen molar-refractivity contribution in [2.45, 2.75) is 6.54 Å². The molecule has 0 aliphatic carbocycles. The summed E-state index contributed by atoms with van der Waals surface area (Å²) in [6.45, 7) is -0.0633. The molecule has 0 spiro atoms. The van der Waals surface area contributed by atoms with Gasteiger partial charge in [0.05, 0.1) is 16.4 Å². The Labute approximate surface area is 194 Å². The fourth-order valence-corrected chi connectivity index (χ4v) is 4.48. The normalized spacial score (nSPS) is 11.2. The molecule has 0 saturated carbocycles. The van der Waals surface area contributed by atoms with Crippen LogP contribution in [0.4, 0.5) is 0 Å². The van der Waals surface area contributed by atoms with E-state index in [-0.39, 0.29) is 5.56 Å². The third-order valence-corrected chi connectivity index (χ3v) is 5.84. The molecule has 1 amide bonds. The first-order valence-electron chi connectivity index (χ1n) is 10.6. The van der Waals surface area contributed by atoms with Gasteiger partial charge < -0.3 is 20.1 Å². The van der Waals surface area contributed by atoms with Crippen LogP contribution in [0.15, 0.2) is 78.9 Å². The molecule has 5 aromatic rings. The number of benzene rings is 4. The minimum Gasteiger partial charge on any atom is -0.481 e. The van der Waals surface area contributed by atoms with Crippen LogP contribution >= 0.6 is 0 Å². The average molecular weight is 452 g/mol. The number of ketones is 1. The fraction of sp³-hybridized carbons (Fsp3) is 0.0741. The van der Waals surface area contributed by atoms with Gasteiger partial charge in [-0.15, -0.1) is 0 Å². The number of carbonyl (C=O) groups excluding carboxylic acids is 2. The summed E-state index contributed by atoms with van der Waals surface area (Å²) in [6, 6.07) is 24.4. The van der Waals surface area contributed by atoms with Gasteiger partial charge in [0, 0.05) is 22.9 Å². The molecule has 0 atom stereocenters. The summed E-state index contributed by atoms with van der Waals surface area (Å²) in [5, 5.41) is 12.1. The van der Waals surface area contributed by atoms with Crippen molar-refractivity contribution >= 4 is 50.2 Å². The van der Waals surface area contributed by atoms with E-state index in [1.165, 1.54) is 0 Å². The third kappa shape index (κ3) is 3.53. The van der Waals surface area contributed by atoms with Gasteiger partial charge in [-0.05, 0) is 23.1 Å². The zero-order chi connectivity index (χ0) is 23.8. The number of aliphatic carboxylic acids is 1. The molecule has 4 aromatic carbocycles. The summed E-state index contributed by atoms with van der Waals surface area (Å²) in [6.07, 6.45) is 0. The lowest BCUT2D eigenvalue weighted by molar-refractivity contribution is -0.139. The Balaban J connectivity index is 1.96. The van der Waals surface area contributed by atoms with Crippen LogP contribution in [0.25, 0.3) is 32.6 Å². The van der Waals surface area contributed by atoms with Crippen LogP contribution in [0.2, 0.25) is 0 Å². The van der Waals surface area contributed by atoms with Crippen molar-refractivity contribution < 1.29 is 24.2 Å². The van der Waals surface area contributed by atoms with Crippen LogP contribution in [0.1, 0.15) is 15.9 Å². The maximum absolute atomic E-state index is 12.8. The van der Waals surface area contributed by atoms with Gasteiger partial charge in [0.25, 0.3) is 11.7 Å². The van der Waals surface area contributed by atoms with Crippen molar-refractivity contribution in [1.82, 2.24) is 4.57 Å². The molecule has 0 fully saturated rings. The van der Waals surface area contributed by atoms with Gasteiger partial charge in [0.2, 0.25) is 0 Å². The van der Waals surface area contributed by atoms with E-state index in [4.69, 9.17) is 10.5 Å². The maximum atomic E-state index is 12.8. The number of amides is 1. The van der Waals surface area contributed by atoms with Crippen LogP contribution < -0.4 is 10.5 Å². The lowest BCUT2D eigenvalue weighted by Gasteiger charge is -2.12. The molecule has 7 nitrogen and oxygen atoms in total. The summed E-state index contributed by atoms with van der Waals surface area (Å²) in [4.78, 5) is 35.9. The molecule has 0 unspecified atom stereocenters. The third-order valence-electron chi connectivity index (χ3n) is 5.84. The molecule has 3 N–H and O–H groups in total. The summed E-state index contributed by atoms with van der Waals surface area (Å²) in [5.74, 6) is -2.69. The van der Waals surface area contributed by atoms with Gasteiger partial charge in [-0.3, -0.25) is 9.59 Å². The Hall–Kier alpha value is -4.65. The number of rotatable bonds is 7. The van der Waals surface area contributed by atoms with E-state index in [2.05, 4.69) is 4.57 Å². The predicted molar refractivity (Wildman–Crippen MR) is 129 cm³/mol. The Kier molecular flexibility index (Phi) is 5.22. The zero-order valence-electron chi connectivity index (χ0n) is 18.0. The second-order valence-electron chi connectivity index (χ2n) is 7.97. The number of Topliss-reactive ketones (excluding diaryl/α,β-unsaturated/α-hetero) is 1. The van der Waals surface area contributed by atoms with E-state index < -0.39 is 24.3 Å². The molecule has 5 rings (SSSR count). The monoisotopic (exact) mass is 452 g/mol. The Morgan fingerprint density at radius 3 is 2.35 bits per heavy atom. The van der Waals surface area contributed by atoms with Crippen molar-refractivity contribution in [1.29, 1.82) is 0 Å². The van der Waals surface area contributed by atoms with E-state index in [0.717, 1.165) is 21.9 Å². The van der Waals surface area contributed by atoms with E-state index in [1.54, 1.807) is 18.2 Å². The number of ether oxygens (including phenoxy) is 1. The molecular formula is C27H20N2O5. The SMILES string of the molecule is NC(=O)C(=O)c1cccc2c1c1c(OCC(=O)O)cc3ccccc3c1n2Cc1ccccc1. The molecule has 0 aliphatic rings. The summed E-state index contributed by atoms with van der Waals surface area (Å²) in [5.41, 5.74) is 8.03. The van der Waals surface area contributed by atoms with Gasteiger partial charge in [0.1, 0.15) is 5.75 Å². The van der Waals surface area contributed by atoms with Gasteiger partial charge in [0.15, 0.2) is 6.61 Å². The number of hydrogen-bond donors (Lipinski definition) is 2. The smallest absolute Gasteiger partial charge is 0.341 e. The number of carbonyl (C=O) groups is 3. The highest BCUT2D eigenvalue weighted by atomic mass is 16.5. The highest BCUT2D eigenvalue weighted by molar-refractivity contribution is 6.46. The molecule has 34 heavy (non-hydrogen) atoms. The average Bonchev–Trinajstić information content (AvgIpc) is 3.17. The van der Waals surface area contributed by atoms with Crippen LogP contribution in [-0.2, 0) is 16.1 Å². The Morgan fingerprint density at radius 1 is 0.882 bits per heavy atom.